The lowest BCUT2D eigenvalue weighted by Gasteiger charge is -2.55. The molecule has 15 nitrogen and oxygen atoms in total. The molecule has 2 aromatic rings. The van der Waals surface area contributed by atoms with Crippen LogP contribution in [0.5, 0.6) is 0 Å². The van der Waals surface area contributed by atoms with E-state index in [2.05, 4.69) is 31.4 Å². The molecule has 4 rings (SSSR count). The Morgan fingerprint density at radius 1 is 1.45 bits per heavy atom. The second-order valence-electron chi connectivity index (χ2n) is 8.34. The Bertz CT molecular complexity index is 1320. The molecule has 3 atom stereocenters. The van der Waals surface area contributed by atoms with E-state index in [-0.39, 0.29) is 40.5 Å². The van der Waals surface area contributed by atoms with Gasteiger partial charge in [0, 0.05) is 35.0 Å². The van der Waals surface area contributed by atoms with E-state index in [9.17, 15) is 19.5 Å². The third-order valence-electron chi connectivity index (χ3n) is 5.77. The Labute approximate surface area is 229 Å². The number of aromatic nitrogens is 4. The molecule has 4 heterocycles. The fourth-order valence-corrected chi connectivity index (χ4v) is 7.20. The molecule has 0 aromatic carbocycles. The summed E-state index contributed by atoms with van der Waals surface area (Å²) in [5, 5.41) is 18.6. The van der Waals surface area contributed by atoms with Crippen molar-refractivity contribution < 1.29 is 28.9 Å². The first kappa shape index (κ1) is 27.4. The highest BCUT2D eigenvalue weighted by molar-refractivity contribution is 8.00. The van der Waals surface area contributed by atoms with Crippen molar-refractivity contribution in [2.45, 2.75) is 23.1 Å². The van der Waals surface area contributed by atoms with Gasteiger partial charge in [-0.05, 0) is 0 Å². The molecule has 0 saturated carbocycles. The first-order chi connectivity index (χ1) is 18.1. The molecule has 18 heteroatoms. The molecule has 2 aliphatic rings. The highest BCUT2D eigenvalue weighted by Gasteiger charge is 2.56. The van der Waals surface area contributed by atoms with Crippen LogP contribution >= 0.6 is 35.1 Å². The third-order valence-corrected chi connectivity index (χ3v) is 9.16. The fourth-order valence-electron chi connectivity index (χ4n) is 3.88. The molecule has 0 aliphatic carbocycles. The number of fused-ring (bicyclic) bond motifs is 1. The van der Waals surface area contributed by atoms with Gasteiger partial charge in [0.25, 0.3) is 5.91 Å². The number of carbonyl (C=O) groups excluding carboxylic acids is 3. The summed E-state index contributed by atoms with van der Waals surface area (Å²) in [5.41, 5.74) is 15.8. The predicted octanol–water partition coefficient (Wildman–Crippen LogP) is -2.57. The number of nitrogen functional groups attached to an aromatic ring is 3. The van der Waals surface area contributed by atoms with Gasteiger partial charge in [-0.15, -0.1) is 11.8 Å². The number of carbonyl (C=O) groups is 3. The van der Waals surface area contributed by atoms with Gasteiger partial charge in [0.2, 0.25) is 29.1 Å². The number of carboxylic acid groups (broad SMARTS) is 1. The van der Waals surface area contributed by atoms with Crippen LogP contribution in [0.4, 0.5) is 16.8 Å². The van der Waals surface area contributed by atoms with Gasteiger partial charge in [-0.2, -0.15) is 9.36 Å². The van der Waals surface area contributed by atoms with Crippen molar-refractivity contribution in [3.63, 3.8) is 0 Å². The van der Waals surface area contributed by atoms with E-state index in [1.54, 1.807) is 10.6 Å². The van der Waals surface area contributed by atoms with Crippen molar-refractivity contribution in [2.24, 2.45) is 10.6 Å². The molecule has 0 spiro atoms. The standard InChI is InChI=1S/C20H24N10O5S3/c1-3-4-29-10(22)5-9(21)24-19(29)37-8-20(17(33)34)6-30-15(32)12(16(30)36-7-20)25-14(31)11(27-35-2)13-26-18(23)38-28-13/h3,5,12,16H,1,4,6-8H2,2H3,(H7,21,22,23,25,26,28,31,33,34)/t12?,16-,20?/m1/s1. The zero-order valence-electron chi connectivity index (χ0n) is 20.0. The Morgan fingerprint density at radius 3 is 2.84 bits per heavy atom. The Balaban J connectivity index is 1.46. The molecule has 38 heavy (non-hydrogen) atoms. The number of allylic oxidation sites excluding steroid dienone is 1. The van der Waals surface area contributed by atoms with E-state index in [1.165, 1.54) is 29.8 Å². The fraction of sp³-hybridized carbons (Fsp3) is 0.400. The Kier molecular flexibility index (Phi) is 7.93. The molecule has 0 radical (unpaired) electrons. The number of nitrogens with one attached hydrogen (secondary N) is 1. The van der Waals surface area contributed by atoms with Crippen molar-refractivity contribution in [2.75, 3.05) is 42.4 Å². The van der Waals surface area contributed by atoms with Crippen LogP contribution in [0.1, 0.15) is 5.82 Å². The zero-order chi connectivity index (χ0) is 27.6. The molecule has 2 fully saturated rings. The SMILES string of the molecule is C=CC[n+]1c(N)cc(N)nc1SCC1(C(=O)[O-])CS[C@@H]2C(NC(=O)C(=NOC)c3nsc(N)n3)C(=O)N2C1. The molecule has 7 N–H and O–H groups in total. The number of nitrogens with zero attached hydrogens (tertiary/aromatic N) is 6. The summed E-state index contributed by atoms with van der Waals surface area (Å²) in [4.78, 5) is 52.4. The molecular weight excluding hydrogens is 556 g/mol. The lowest BCUT2D eigenvalue weighted by Crippen LogP contribution is -2.75. The van der Waals surface area contributed by atoms with Crippen molar-refractivity contribution in [3.8, 4) is 0 Å². The summed E-state index contributed by atoms with van der Waals surface area (Å²) in [6.45, 7) is 3.94. The number of rotatable bonds is 10. The number of hydrogen-bond acceptors (Lipinski definition) is 15. The summed E-state index contributed by atoms with van der Waals surface area (Å²) in [6, 6.07) is 0.599. The number of hydrogen-bond donors (Lipinski definition) is 4. The van der Waals surface area contributed by atoms with Crippen molar-refractivity contribution in [3.05, 3.63) is 24.5 Å². The average molecular weight is 581 g/mol. The molecule has 2 aromatic heterocycles. The van der Waals surface area contributed by atoms with E-state index in [0.717, 1.165) is 23.3 Å². The maximum Gasteiger partial charge on any atom is 0.301 e. The molecule has 2 saturated heterocycles. The molecular formula is C20H24N10O5S3. The Hall–Kier alpha value is -3.64. The molecule has 2 unspecified atom stereocenters. The number of nitrogens with two attached hydrogens (primary N) is 3. The van der Waals surface area contributed by atoms with Crippen LogP contribution in [0.2, 0.25) is 0 Å². The third kappa shape index (κ3) is 5.18. The highest BCUT2D eigenvalue weighted by Crippen LogP contribution is 2.43. The number of thioether (sulfide) groups is 2. The van der Waals surface area contributed by atoms with Crippen LogP contribution in [-0.4, -0.2) is 79.3 Å². The van der Waals surface area contributed by atoms with E-state index in [0.29, 0.717) is 17.5 Å². The summed E-state index contributed by atoms with van der Waals surface area (Å²) in [7, 11) is 1.25. The highest BCUT2D eigenvalue weighted by atomic mass is 32.2. The van der Waals surface area contributed by atoms with Gasteiger partial charge in [-0.25, -0.2) is 4.57 Å². The molecule has 202 valence electrons. The van der Waals surface area contributed by atoms with Crippen molar-refractivity contribution in [1.29, 1.82) is 0 Å². The monoisotopic (exact) mass is 580 g/mol. The normalized spacial score (nSPS) is 22.8. The van der Waals surface area contributed by atoms with E-state index < -0.39 is 34.6 Å². The summed E-state index contributed by atoms with van der Waals surface area (Å²) in [6.07, 6.45) is 1.63. The molecule has 2 amide bonds. The molecule has 2 aliphatic heterocycles. The Morgan fingerprint density at radius 2 is 2.21 bits per heavy atom. The minimum Gasteiger partial charge on any atom is -0.549 e. The number of carboxylic acids is 1. The van der Waals surface area contributed by atoms with E-state index in [4.69, 9.17) is 22.0 Å². The predicted molar refractivity (Wildman–Crippen MR) is 139 cm³/mol. The lowest BCUT2D eigenvalue weighted by molar-refractivity contribution is -0.713. The lowest BCUT2D eigenvalue weighted by atomic mass is 9.89. The van der Waals surface area contributed by atoms with Crippen LogP contribution in [0.3, 0.4) is 0 Å². The van der Waals surface area contributed by atoms with Gasteiger partial charge < -0.3 is 42.2 Å². The quantitative estimate of drug-likeness (QED) is 0.0431. The number of amides is 2. The van der Waals surface area contributed by atoms with Gasteiger partial charge >= 0.3 is 5.16 Å². The van der Waals surface area contributed by atoms with Gasteiger partial charge in [0.05, 0.1) is 18.6 Å². The first-order valence-electron chi connectivity index (χ1n) is 10.9. The van der Waals surface area contributed by atoms with Gasteiger partial charge in [0.1, 0.15) is 18.5 Å². The second kappa shape index (κ2) is 11.0. The van der Waals surface area contributed by atoms with E-state index >= 15 is 0 Å². The van der Waals surface area contributed by atoms with Crippen LogP contribution in [0.15, 0.2) is 29.0 Å². The number of oxime groups is 1. The summed E-state index contributed by atoms with van der Waals surface area (Å²) in [5.74, 6) is -1.79. The van der Waals surface area contributed by atoms with Crippen LogP contribution in [0, 0.1) is 5.41 Å². The minimum atomic E-state index is -1.38. The summed E-state index contributed by atoms with van der Waals surface area (Å²) < 4.78 is 5.60. The van der Waals surface area contributed by atoms with E-state index in [1.807, 2.05) is 0 Å². The smallest absolute Gasteiger partial charge is 0.301 e. The maximum absolute atomic E-state index is 13.0. The number of anilines is 3. The van der Waals surface area contributed by atoms with Crippen molar-refractivity contribution in [1.82, 2.24) is 24.6 Å². The second-order valence-corrected chi connectivity index (χ2v) is 11.2. The summed E-state index contributed by atoms with van der Waals surface area (Å²) >= 11 is 3.25. The van der Waals surface area contributed by atoms with Gasteiger partial charge in [-0.3, -0.25) is 9.59 Å². The topological polar surface area (TPSA) is 232 Å². The average Bonchev–Trinajstić information content (AvgIpc) is 3.31. The first-order valence-corrected chi connectivity index (χ1v) is 13.8. The number of aliphatic carboxylic acids is 1. The van der Waals surface area contributed by atoms with Crippen LogP contribution in [0.25, 0.3) is 0 Å². The largest absolute Gasteiger partial charge is 0.549 e. The van der Waals surface area contributed by atoms with Gasteiger partial charge in [0.15, 0.2) is 5.13 Å². The number of β-lactam (4-membered cyclic amide) rings is 1. The molecule has 0 bridgehead atoms. The maximum atomic E-state index is 13.0. The van der Waals surface area contributed by atoms with Crippen LogP contribution in [-0.2, 0) is 25.8 Å². The van der Waals surface area contributed by atoms with Gasteiger partial charge in [-0.1, -0.05) is 34.6 Å². The van der Waals surface area contributed by atoms with Crippen molar-refractivity contribution >= 4 is 75.3 Å². The minimum absolute atomic E-state index is 0.0377. The zero-order valence-corrected chi connectivity index (χ0v) is 22.5. The van der Waals surface area contributed by atoms with Crippen LogP contribution < -0.4 is 32.2 Å².